The molecule has 0 amide bonds. The first-order valence-corrected chi connectivity index (χ1v) is 10.1. The van der Waals surface area contributed by atoms with Gasteiger partial charge >= 0.3 is 0 Å². The second-order valence-electron chi connectivity index (χ2n) is 8.33. The molecule has 3 aliphatic rings. The zero-order valence-electron chi connectivity index (χ0n) is 17.9. The highest BCUT2D eigenvalue weighted by Gasteiger charge is 2.45. The van der Waals surface area contributed by atoms with Crippen molar-refractivity contribution in [1.29, 1.82) is 0 Å². The maximum absolute atomic E-state index is 6.51. The van der Waals surface area contributed by atoms with Crippen LogP contribution < -0.4 is 23.7 Å². The third kappa shape index (κ3) is 2.82. The lowest BCUT2D eigenvalue weighted by Gasteiger charge is -2.43. The number of methoxy groups -OCH3 is 3. The molecule has 0 bridgehead atoms. The molecule has 0 aromatic heterocycles. The molecule has 0 aliphatic carbocycles. The molecule has 0 radical (unpaired) electrons. The zero-order valence-corrected chi connectivity index (χ0v) is 17.9. The third-order valence-electron chi connectivity index (χ3n) is 6.05. The Morgan fingerprint density at radius 1 is 0.967 bits per heavy atom. The maximum Gasteiger partial charge on any atom is 0.164 e. The normalized spacial score (nSPS) is 24.8. The predicted octanol–water partition coefficient (Wildman–Crippen LogP) is 4.51. The van der Waals surface area contributed by atoms with E-state index in [1.807, 2.05) is 38.1 Å². The van der Waals surface area contributed by atoms with Crippen molar-refractivity contribution in [2.45, 2.75) is 37.6 Å². The van der Waals surface area contributed by atoms with Crippen LogP contribution >= 0.6 is 0 Å². The number of hydrogen-bond acceptors (Lipinski definition) is 6. The molecular weight excluding hydrogens is 384 g/mol. The molecule has 0 fully saturated rings. The van der Waals surface area contributed by atoms with Crippen molar-refractivity contribution in [1.82, 2.24) is 0 Å². The van der Waals surface area contributed by atoms with Gasteiger partial charge in [0.25, 0.3) is 0 Å². The fourth-order valence-electron chi connectivity index (χ4n) is 4.62. The van der Waals surface area contributed by atoms with Crippen LogP contribution in [0.25, 0.3) is 6.08 Å². The van der Waals surface area contributed by atoms with Gasteiger partial charge < -0.3 is 28.4 Å². The molecule has 30 heavy (non-hydrogen) atoms. The Balaban J connectivity index is 1.63. The SMILES string of the molecule is COc1cc2c(cc1OC)[C@@H]1[C@H](OC)c3ccc4c(c3O[C@@H]1CO2)C=CC(C)(C)O4. The molecule has 158 valence electrons. The summed E-state index contributed by atoms with van der Waals surface area (Å²) in [4.78, 5) is 0. The van der Waals surface area contributed by atoms with E-state index in [0.29, 0.717) is 18.1 Å². The van der Waals surface area contributed by atoms with Crippen molar-refractivity contribution >= 4 is 6.08 Å². The second-order valence-corrected chi connectivity index (χ2v) is 8.33. The molecule has 2 aromatic rings. The molecule has 0 spiro atoms. The highest BCUT2D eigenvalue weighted by molar-refractivity contribution is 5.70. The first kappa shape index (κ1) is 19.1. The lowest BCUT2D eigenvalue weighted by Crippen LogP contribution is -2.42. The van der Waals surface area contributed by atoms with Crippen LogP contribution in [0.3, 0.4) is 0 Å². The van der Waals surface area contributed by atoms with Crippen LogP contribution in [0.5, 0.6) is 28.7 Å². The Kier molecular flexibility index (Phi) is 4.36. The quantitative estimate of drug-likeness (QED) is 0.742. The number of hydrogen-bond donors (Lipinski definition) is 0. The lowest BCUT2D eigenvalue weighted by molar-refractivity contribution is -0.0206. The van der Waals surface area contributed by atoms with Gasteiger partial charge in [0.1, 0.15) is 35.6 Å². The van der Waals surface area contributed by atoms with Crippen LogP contribution in [0.4, 0.5) is 0 Å². The van der Waals surface area contributed by atoms with E-state index in [4.69, 9.17) is 28.4 Å². The summed E-state index contributed by atoms with van der Waals surface area (Å²) in [5, 5.41) is 0. The minimum atomic E-state index is -0.346. The van der Waals surface area contributed by atoms with Crippen LogP contribution in [-0.4, -0.2) is 39.6 Å². The van der Waals surface area contributed by atoms with E-state index in [2.05, 4.69) is 12.2 Å². The summed E-state index contributed by atoms with van der Waals surface area (Å²) in [5.41, 5.74) is 2.60. The fourth-order valence-corrected chi connectivity index (χ4v) is 4.62. The summed E-state index contributed by atoms with van der Waals surface area (Å²) in [6.45, 7) is 4.49. The molecule has 0 N–H and O–H groups in total. The first-order chi connectivity index (χ1) is 14.5. The van der Waals surface area contributed by atoms with E-state index < -0.39 is 0 Å². The predicted molar refractivity (Wildman–Crippen MR) is 112 cm³/mol. The van der Waals surface area contributed by atoms with E-state index in [0.717, 1.165) is 33.9 Å². The summed E-state index contributed by atoms with van der Waals surface area (Å²) in [7, 11) is 4.99. The molecule has 5 rings (SSSR count). The summed E-state index contributed by atoms with van der Waals surface area (Å²) in [5.74, 6) is 3.66. The van der Waals surface area contributed by atoms with Gasteiger partial charge in [0.05, 0.1) is 31.8 Å². The van der Waals surface area contributed by atoms with Gasteiger partial charge in [-0.1, -0.05) is 0 Å². The van der Waals surface area contributed by atoms with Crippen molar-refractivity contribution in [2.75, 3.05) is 27.9 Å². The smallest absolute Gasteiger partial charge is 0.164 e. The zero-order chi connectivity index (χ0) is 21.0. The van der Waals surface area contributed by atoms with Crippen molar-refractivity contribution in [3.05, 3.63) is 47.0 Å². The van der Waals surface area contributed by atoms with E-state index in [-0.39, 0.29) is 23.7 Å². The fraction of sp³-hybridized carbons (Fsp3) is 0.417. The molecule has 0 saturated carbocycles. The minimum absolute atomic E-state index is 0.0333. The monoisotopic (exact) mass is 410 g/mol. The van der Waals surface area contributed by atoms with E-state index >= 15 is 0 Å². The Morgan fingerprint density at radius 2 is 1.73 bits per heavy atom. The van der Waals surface area contributed by atoms with Crippen LogP contribution in [0.15, 0.2) is 30.3 Å². The number of rotatable bonds is 3. The summed E-state index contributed by atoms with van der Waals surface area (Å²) in [6.07, 6.45) is 3.75. The third-order valence-corrected chi connectivity index (χ3v) is 6.05. The van der Waals surface area contributed by atoms with Gasteiger partial charge in [-0.15, -0.1) is 0 Å². The Labute approximate surface area is 176 Å². The summed E-state index contributed by atoms with van der Waals surface area (Å²) < 4.78 is 35.7. The van der Waals surface area contributed by atoms with Crippen LogP contribution in [0, 0.1) is 0 Å². The summed E-state index contributed by atoms with van der Waals surface area (Å²) in [6, 6.07) is 7.89. The molecule has 0 unspecified atom stereocenters. The van der Waals surface area contributed by atoms with Gasteiger partial charge in [-0.3, -0.25) is 0 Å². The van der Waals surface area contributed by atoms with Gasteiger partial charge in [0.2, 0.25) is 0 Å². The van der Waals surface area contributed by atoms with Gasteiger partial charge in [-0.25, -0.2) is 0 Å². The Hall–Kier alpha value is -2.86. The number of ether oxygens (including phenoxy) is 6. The highest BCUT2D eigenvalue weighted by atomic mass is 16.6. The summed E-state index contributed by atoms with van der Waals surface area (Å²) >= 11 is 0. The van der Waals surface area contributed by atoms with Crippen molar-refractivity contribution < 1.29 is 28.4 Å². The molecule has 3 atom stereocenters. The van der Waals surface area contributed by atoms with Crippen molar-refractivity contribution in [3.63, 3.8) is 0 Å². The number of fused-ring (bicyclic) bond motifs is 6. The molecule has 3 heterocycles. The molecule has 6 heteroatoms. The molecular formula is C24H26O6. The van der Waals surface area contributed by atoms with Crippen molar-refractivity contribution in [3.8, 4) is 28.7 Å². The second kappa shape index (κ2) is 6.84. The maximum atomic E-state index is 6.51. The van der Waals surface area contributed by atoms with Crippen LogP contribution in [0.2, 0.25) is 0 Å². The average molecular weight is 410 g/mol. The standard InChI is InChI=1S/C24H26O6/c1-24(2)9-8-13-16(30-24)7-6-14-22(13)29-20-12-28-17-11-19(26-4)18(25-3)10-15(17)21(20)23(14)27-5/h6-11,20-21,23H,12H2,1-5H3/t20-,21+,23-/m1/s1. The van der Waals surface area contributed by atoms with Crippen LogP contribution in [-0.2, 0) is 4.74 Å². The molecule has 0 saturated heterocycles. The Bertz CT molecular complexity index is 1020. The lowest BCUT2D eigenvalue weighted by atomic mass is 9.79. The van der Waals surface area contributed by atoms with E-state index in [9.17, 15) is 0 Å². The van der Waals surface area contributed by atoms with Crippen molar-refractivity contribution in [2.24, 2.45) is 0 Å². The molecule has 2 aromatic carbocycles. The Morgan fingerprint density at radius 3 is 2.47 bits per heavy atom. The van der Waals surface area contributed by atoms with Gasteiger partial charge in [0.15, 0.2) is 11.5 Å². The van der Waals surface area contributed by atoms with Crippen LogP contribution in [0.1, 0.15) is 42.6 Å². The van der Waals surface area contributed by atoms with Gasteiger partial charge in [-0.2, -0.15) is 0 Å². The van der Waals surface area contributed by atoms with Gasteiger partial charge in [0, 0.05) is 24.3 Å². The average Bonchev–Trinajstić information content (AvgIpc) is 2.75. The highest BCUT2D eigenvalue weighted by Crippen LogP contribution is 2.54. The van der Waals surface area contributed by atoms with E-state index in [1.54, 1.807) is 21.3 Å². The van der Waals surface area contributed by atoms with Gasteiger partial charge in [-0.05, 0) is 44.2 Å². The minimum Gasteiger partial charge on any atom is -0.493 e. The molecule has 3 aliphatic heterocycles. The first-order valence-electron chi connectivity index (χ1n) is 10.1. The largest absolute Gasteiger partial charge is 0.493 e. The van der Waals surface area contributed by atoms with E-state index in [1.165, 1.54) is 0 Å². The number of benzene rings is 2. The molecule has 6 nitrogen and oxygen atoms in total. The topological polar surface area (TPSA) is 55.4 Å².